The van der Waals surface area contributed by atoms with E-state index in [2.05, 4.69) is 11.4 Å². The molecule has 0 saturated heterocycles. The lowest BCUT2D eigenvalue weighted by Crippen LogP contribution is -2.11. The highest BCUT2D eigenvalue weighted by molar-refractivity contribution is 5.64. The maximum atomic E-state index is 11.2. The predicted molar refractivity (Wildman–Crippen MR) is 63.5 cm³/mol. The molecule has 0 fully saturated rings. The van der Waals surface area contributed by atoms with Gasteiger partial charge in [0.05, 0.1) is 4.91 Å². The third-order valence-corrected chi connectivity index (χ3v) is 1.85. The Kier molecular flexibility index (Phi) is 4.86. The molecule has 6 heteroatoms. The van der Waals surface area contributed by atoms with Crippen LogP contribution in [0.1, 0.15) is 6.92 Å². The van der Waals surface area contributed by atoms with E-state index in [0.29, 0.717) is 16.2 Å². The minimum atomic E-state index is -0.823. The van der Waals surface area contributed by atoms with Gasteiger partial charge in [0.15, 0.2) is 7.11 Å². The third kappa shape index (κ3) is 4.25. The number of nitrogens with zero attached hydrogens (tertiary/aromatic N) is 1. The summed E-state index contributed by atoms with van der Waals surface area (Å²) in [6, 6.07) is 5.83. The quantitative estimate of drug-likeness (QED) is 0.349. The van der Waals surface area contributed by atoms with Gasteiger partial charge in [-0.1, -0.05) is 6.58 Å². The van der Waals surface area contributed by atoms with Crippen LogP contribution in [0.3, 0.4) is 0 Å². The molecule has 0 aliphatic carbocycles. The zero-order valence-electron chi connectivity index (χ0n) is 10.2. The molecule has 0 amide bonds. The first-order chi connectivity index (χ1) is 8.52. The zero-order chi connectivity index (χ0) is 13.5. The van der Waals surface area contributed by atoms with E-state index < -0.39 is 6.16 Å². The van der Waals surface area contributed by atoms with Gasteiger partial charge in [0.2, 0.25) is 0 Å². The van der Waals surface area contributed by atoms with Crippen LogP contribution in [0.5, 0.6) is 5.75 Å². The molecule has 0 heterocycles. The first-order valence-corrected chi connectivity index (χ1v) is 5.13. The molecule has 0 atom stereocenters. The van der Waals surface area contributed by atoms with Gasteiger partial charge in [-0.15, -0.1) is 0 Å². The summed E-state index contributed by atoms with van der Waals surface area (Å²) < 4.78 is 9.62. The summed E-state index contributed by atoms with van der Waals surface area (Å²) in [5.74, 6) is 0.273. The second-order valence-corrected chi connectivity index (χ2v) is 3.53. The lowest BCUT2D eigenvalue weighted by atomic mass is 10.3. The lowest BCUT2D eigenvalue weighted by molar-refractivity contribution is -0.736. The zero-order valence-corrected chi connectivity index (χ0v) is 10.2. The fourth-order valence-corrected chi connectivity index (χ4v) is 1.05. The summed E-state index contributed by atoms with van der Waals surface area (Å²) in [7, 11) is 1.26. The van der Waals surface area contributed by atoms with Gasteiger partial charge in [-0.05, 0) is 24.6 Å². The molecular formula is C12H14NO5+. The Hall–Kier alpha value is -2.37. The van der Waals surface area contributed by atoms with Crippen molar-refractivity contribution < 1.29 is 24.0 Å². The predicted octanol–water partition coefficient (Wildman–Crippen LogP) is 2.75. The van der Waals surface area contributed by atoms with Crippen molar-refractivity contribution in [3.8, 4) is 5.75 Å². The smallest absolute Gasteiger partial charge is 0.429 e. The number of rotatable bonds is 5. The van der Waals surface area contributed by atoms with E-state index in [4.69, 9.17) is 9.47 Å². The fourth-order valence-electron chi connectivity index (χ4n) is 1.05. The summed E-state index contributed by atoms with van der Waals surface area (Å²) in [6.07, 6.45) is -0.823. The van der Waals surface area contributed by atoms with Crippen LogP contribution in [0.25, 0.3) is 0 Å². The van der Waals surface area contributed by atoms with Crippen molar-refractivity contribution in [2.45, 2.75) is 6.92 Å². The van der Waals surface area contributed by atoms with Crippen LogP contribution in [-0.4, -0.2) is 24.8 Å². The molecule has 1 rings (SSSR count). The van der Waals surface area contributed by atoms with Gasteiger partial charge in [-0.25, -0.2) is 9.63 Å². The van der Waals surface area contributed by atoms with Crippen molar-refractivity contribution in [3.05, 3.63) is 41.3 Å². The van der Waals surface area contributed by atoms with Gasteiger partial charge in [0.25, 0.3) is 4.92 Å². The summed E-state index contributed by atoms with van der Waals surface area (Å²) >= 11 is 0. The second kappa shape index (κ2) is 6.39. The number of hydrogen-bond acceptors (Lipinski definition) is 5. The Morgan fingerprint density at radius 1 is 1.33 bits per heavy atom. The molecule has 0 aliphatic rings. The van der Waals surface area contributed by atoms with Crippen LogP contribution in [0, 0.1) is 4.91 Å². The second-order valence-electron chi connectivity index (χ2n) is 3.53. The lowest BCUT2D eigenvalue weighted by Gasteiger charge is -2.04. The molecule has 96 valence electrons. The number of ether oxygens (including phenoxy) is 2. The minimum Gasteiger partial charge on any atom is -0.429 e. The van der Waals surface area contributed by atoms with E-state index in [9.17, 15) is 9.70 Å². The molecule has 0 aromatic heterocycles. The first-order valence-electron chi connectivity index (χ1n) is 5.13. The Labute approximate surface area is 104 Å². The Balaban J connectivity index is 2.55. The molecule has 6 nitrogen and oxygen atoms in total. The van der Waals surface area contributed by atoms with Crippen LogP contribution in [0.15, 0.2) is 36.4 Å². The van der Waals surface area contributed by atoms with Crippen LogP contribution in [-0.2, 0) is 9.57 Å². The Bertz CT molecular complexity index is 452. The van der Waals surface area contributed by atoms with E-state index in [0.717, 1.165) is 0 Å². The summed E-state index contributed by atoms with van der Waals surface area (Å²) in [6.45, 7) is 5.43. The molecule has 0 saturated carbocycles. The number of hydrogen-bond donors (Lipinski definition) is 0. The van der Waals surface area contributed by atoms with E-state index in [1.807, 2.05) is 0 Å². The highest BCUT2D eigenvalue weighted by Crippen LogP contribution is 2.18. The van der Waals surface area contributed by atoms with Gasteiger partial charge in [0, 0.05) is 12.1 Å². The summed E-state index contributed by atoms with van der Waals surface area (Å²) in [5, 5.41) is 0. The van der Waals surface area contributed by atoms with Crippen molar-refractivity contribution in [2.24, 2.45) is 0 Å². The molecule has 0 spiro atoms. The highest BCUT2D eigenvalue weighted by Gasteiger charge is 2.14. The standard InChI is InChI=1S/C12H14NO5/c1-9(2)8-17-12(14)18-11-6-4-10(5-7-11)13(15)16-3/h4-7H,1,8H2,2-3H3/q+1. The van der Waals surface area contributed by atoms with Crippen molar-refractivity contribution in [3.63, 3.8) is 0 Å². The third-order valence-electron chi connectivity index (χ3n) is 1.85. The monoisotopic (exact) mass is 252 g/mol. The average molecular weight is 252 g/mol. The molecule has 1 aromatic carbocycles. The number of benzene rings is 1. The average Bonchev–Trinajstić information content (AvgIpc) is 2.36. The maximum Gasteiger partial charge on any atom is 0.514 e. The molecule has 0 bridgehead atoms. The van der Waals surface area contributed by atoms with E-state index in [-0.39, 0.29) is 12.4 Å². The molecule has 0 aliphatic heterocycles. The summed E-state index contributed by atoms with van der Waals surface area (Å²) in [5.41, 5.74) is 1.00. The molecule has 0 N–H and O–H groups in total. The SMILES string of the molecule is C=C(C)COC(=O)Oc1ccc([N+](=O)OC)cc1. The molecular weight excluding hydrogens is 238 g/mol. The van der Waals surface area contributed by atoms with Crippen LogP contribution < -0.4 is 4.74 Å². The van der Waals surface area contributed by atoms with Gasteiger partial charge in [-0.3, -0.25) is 0 Å². The van der Waals surface area contributed by atoms with Crippen molar-refractivity contribution in [1.82, 2.24) is 0 Å². The van der Waals surface area contributed by atoms with Gasteiger partial charge in [-0.2, -0.15) is 0 Å². The van der Waals surface area contributed by atoms with Crippen LogP contribution in [0.4, 0.5) is 10.5 Å². The van der Waals surface area contributed by atoms with Gasteiger partial charge < -0.3 is 9.47 Å². The Morgan fingerprint density at radius 2 is 1.94 bits per heavy atom. The maximum absolute atomic E-state index is 11.2. The largest absolute Gasteiger partial charge is 0.514 e. The fraction of sp³-hybridized carbons (Fsp3) is 0.250. The minimum absolute atomic E-state index is 0.106. The molecule has 0 radical (unpaired) electrons. The Morgan fingerprint density at radius 3 is 2.44 bits per heavy atom. The van der Waals surface area contributed by atoms with Crippen molar-refractivity contribution in [2.75, 3.05) is 13.7 Å². The summed E-state index contributed by atoms with van der Waals surface area (Å²) in [4.78, 5) is 27.1. The van der Waals surface area contributed by atoms with Gasteiger partial charge in [0.1, 0.15) is 12.4 Å². The van der Waals surface area contributed by atoms with Crippen LogP contribution >= 0.6 is 0 Å². The molecule has 1 aromatic rings. The van der Waals surface area contributed by atoms with Crippen LogP contribution in [0.2, 0.25) is 0 Å². The van der Waals surface area contributed by atoms with Crippen molar-refractivity contribution >= 4 is 11.8 Å². The van der Waals surface area contributed by atoms with Gasteiger partial charge >= 0.3 is 11.8 Å². The number of carbonyl (C=O) groups is 1. The van der Waals surface area contributed by atoms with Crippen molar-refractivity contribution in [1.29, 1.82) is 0 Å². The van der Waals surface area contributed by atoms with E-state index in [1.54, 1.807) is 6.92 Å². The topological polar surface area (TPSA) is 64.8 Å². The highest BCUT2D eigenvalue weighted by atomic mass is 16.8. The number of carbonyl (C=O) groups excluding carboxylic acids is 1. The first kappa shape index (κ1) is 13.7. The normalized spacial score (nSPS) is 9.44. The van der Waals surface area contributed by atoms with E-state index in [1.165, 1.54) is 31.4 Å². The van der Waals surface area contributed by atoms with E-state index >= 15 is 0 Å². The molecule has 18 heavy (non-hydrogen) atoms. The molecule has 0 unspecified atom stereocenters.